The lowest BCUT2D eigenvalue weighted by Crippen LogP contribution is -2.44. The van der Waals surface area contributed by atoms with Crippen molar-refractivity contribution in [3.63, 3.8) is 0 Å². The summed E-state index contributed by atoms with van der Waals surface area (Å²) in [6.45, 7) is 4.54. The van der Waals surface area contributed by atoms with Crippen molar-refractivity contribution in [2.24, 2.45) is 23.7 Å². The minimum absolute atomic E-state index is 0.110. The second-order valence-electron chi connectivity index (χ2n) is 8.92. The Hall–Kier alpha value is -2.38. The second kappa shape index (κ2) is 12.4. The lowest BCUT2D eigenvalue weighted by atomic mass is 9.69. The molecule has 1 aromatic carbocycles. The molecular weight excluding hydrogens is 456 g/mol. The summed E-state index contributed by atoms with van der Waals surface area (Å²) in [7, 11) is 0. The Kier molecular flexibility index (Phi) is 9.54. The summed E-state index contributed by atoms with van der Waals surface area (Å²) in [6.07, 6.45) is 7.73. The van der Waals surface area contributed by atoms with Crippen LogP contribution in [0.25, 0.3) is 0 Å². The number of rotatable bonds is 11. The summed E-state index contributed by atoms with van der Waals surface area (Å²) in [6, 6.07) is 6.25. The van der Waals surface area contributed by atoms with Crippen LogP contribution in [0.3, 0.4) is 0 Å². The second-order valence-corrected chi connectivity index (χ2v) is 9.33. The summed E-state index contributed by atoms with van der Waals surface area (Å²) in [5, 5.41) is 12.3. The van der Waals surface area contributed by atoms with E-state index < -0.39 is 23.8 Å². The van der Waals surface area contributed by atoms with Gasteiger partial charge in [-0.25, -0.2) is 0 Å². The van der Waals surface area contributed by atoms with Gasteiger partial charge < -0.3 is 20.1 Å². The number of benzene rings is 1. The quantitative estimate of drug-likeness (QED) is 0.277. The molecule has 1 heterocycles. The number of carbonyl (C=O) groups excluding carboxylic acids is 3. The van der Waals surface area contributed by atoms with E-state index in [0.29, 0.717) is 36.5 Å². The van der Waals surface area contributed by atoms with Gasteiger partial charge in [0, 0.05) is 19.1 Å². The monoisotopic (exact) mass is 490 g/mol. The van der Waals surface area contributed by atoms with Gasteiger partial charge in [0.2, 0.25) is 11.8 Å². The molecule has 34 heavy (non-hydrogen) atoms. The highest BCUT2D eigenvalue weighted by Crippen LogP contribution is 2.45. The standard InChI is InChI=1S/C26H35ClN2O5/c1-3-17-13-14-18-22(21(17)26(33)34-4-2)25(32)29(15-9-5-6-10-16-30)23(18)24(31)28-20-12-8-7-11-19(20)27/h7-8,11-14,17-18,21-23,30H,3-6,9-10,15-16H2,1-2H3,(H,28,31)/t17-,18+,21-,22+,23+/m1/s1. The van der Waals surface area contributed by atoms with Crippen LogP contribution in [0.5, 0.6) is 0 Å². The van der Waals surface area contributed by atoms with Gasteiger partial charge in [-0.2, -0.15) is 0 Å². The van der Waals surface area contributed by atoms with Gasteiger partial charge in [-0.1, -0.05) is 55.7 Å². The summed E-state index contributed by atoms with van der Waals surface area (Å²) in [5.41, 5.74) is 0.487. The highest BCUT2D eigenvalue weighted by Gasteiger charge is 2.57. The minimum atomic E-state index is -0.738. The molecule has 1 aliphatic heterocycles. The number of hydrogen-bond donors (Lipinski definition) is 2. The number of allylic oxidation sites excluding steroid dienone is 1. The lowest BCUT2D eigenvalue weighted by molar-refractivity contribution is -0.155. The van der Waals surface area contributed by atoms with Gasteiger partial charge in [0.25, 0.3) is 0 Å². The number of aliphatic hydroxyl groups is 1. The van der Waals surface area contributed by atoms with Crippen LogP contribution in [-0.2, 0) is 19.1 Å². The van der Waals surface area contributed by atoms with Crippen molar-refractivity contribution in [3.05, 3.63) is 41.4 Å². The average Bonchev–Trinajstić information content (AvgIpc) is 3.11. The fourth-order valence-corrected chi connectivity index (χ4v) is 5.39. The Balaban J connectivity index is 1.90. The SMILES string of the molecule is CCOC(=O)[C@H]1[C@H]2C(=O)N(CCCCCCO)[C@H](C(=O)Nc3ccccc3Cl)[C@H]2C=C[C@H]1CC. The Morgan fingerprint density at radius 1 is 1.12 bits per heavy atom. The normalized spacial score (nSPS) is 25.8. The van der Waals surface area contributed by atoms with E-state index in [1.165, 1.54) is 0 Å². The van der Waals surface area contributed by atoms with Crippen molar-refractivity contribution in [1.29, 1.82) is 0 Å². The van der Waals surface area contributed by atoms with Crippen LogP contribution in [0.4, 0.5) is 5.69 Å². The van der Waals surface area contributed by atoms with Crippen molar-refractivity contribution in [3.8, 4) is 0 Å². The number of esters is 1. The number of carbonyl (C=O) groups is 3. The number of ether oxygens (including phenoxy) is 1. The topological polar surface area (TPSA) is 95.9 Å². The molecule has 2 amide bonds. The van der Waals surface area contributed by atoms with E-state index in [4.69, 9.17) is 21.4 Å². The van der Waals surface area contributed by atoms with Gasteiger partial charge in [0.15, 0.2) is 0 Å². The molecule has 7 nitrogen and oxygen atoms in total. The van der Waals surface area contributed by atoms with Gasteiger partial charge in [-0.05, 0) is 44.2 Å². The smallest absolute Gasteiger partial charge is 0.310 e. The third kappa shape index (κ3) is 5.63. The molecule has 1 aliphatic carbocycles. The maximum absolute atomic E-state index is 13.7. The van der Waals surface area contributed by atoms with E-state index in [2.05, 4.69) is 5.32 Å². The largest absolute Gasteiger partial charge is 0.466 e. The molecule has 1 aromatic rings. The first-order chi connectivity index (χ1) is 16.4. The molecule has 186 valence electrons. The third-order valence-corrected chi connectivity index (χ3v) is 7.18. The van der Waals surface area contributed by atoms with Gasteiger partial charge >= 0.3 is 5.97 Å². The molecule has 0 spiro atoms. The van der Waals surface area contributed by atoms with Gasteiger partial charge in [0.1, 0.15) is 6.04 Å². The molecule has 0 bridgehead atoms. The highest BCUT2D eigenvalue weighted by molar-refractivity contribution is 6.33. The number of nitrogens with one attached hydrogen (secondary N) is 1. The van der Waals surface area contributed by atoms with E-state index in [1.54, 1.807) is 36.1 Å². The number of nitrogens with zero attached hydrogens (tertiary/aromatic N) is 1. The number of fused-ring (bicyclic) bond motifs is 1. The van der Waals surface area contributed by atoms with Crippen LogP contribution in [0.2, 0.25) is 5.02 Å². The van der Waals surface area contributed by atoms with E-state index in [9.17, 15) is 14.4 Å². The number of amides is 2. The molecule has 5 atom stereocenters. The Morgan fingerprint density at radius 2 is 1.85 bits per heavy atom. The van der Waals surface area contributed by atoms with E-state index in [0.717, 1.165) is 12.8 Å². The fourth-order valence-electron chi connectivity index (χ4n) is 5.20. The molecule has 0 radical (unpaired) electrons. The molecular formula is C26H35ClN2O5. The number of halogens is 1. The summed E-state index contributed by atoms with van der Waals surface area (Å²) in [4.78, 5) is 41.8. The van der Waals surface area contributed by atoms with Crippen LogP contribution in [0.15, 0.2) is 36.4 Å². The molecule has 3 rings (SSSR count). The molecule has 8 heteroatoms. The zero-order chi connectivity index (χ0) is 24.7. The average molecular weight is 491 g/mol. The Labute approximate surface area is 206 Å². The summed E-state index contributed by atoms with van der Waals surface area (Å²) < 4.78 is 5.35. The van der Waals surface area contributed by atoms with Crippen molar-refractivity contribution < 1.29 is 24.2 Å². The number of likely N-dealkylation sites (tertiary alicyclic amines) is 1. The van der Waals surface area contributed by atoms with Gasteiger partial charge in [-0.3, -0.25) is 14.4 Å². The van der Waals surface area contributed by atoms with Crippen LogP contribution < -0.4 is 5.32 Å². The highest BCUT2D eigenvalue weighted by atomic mass is 35.5. The van der Waals surface area contributed by atoms with Crippen LogP contribution >= 0.6 is 11.6 Å². The molecule has 0 unspecified atom stereocenters. The van der Waals surface area contributed by atoms with Crippen LogP contribution in [0.1, 0.15) is 46.0 Å². The van der Waals surface area contributed by atoms with Crippen molar-refractivity contribution in [2.45, 2.75) is 52.0 Å². The van der Waals surface area contributed by atoms with Crippen LogP contribution in [-0.4, -0.2) is 53.6 Å². The molecule has 0 aromatic heterocycles. The fraction of sp³-hybridized carbons (Fsp3) is 0.577. The van der Waals surface area contributed by atoms with Crippen molar-refractivity contribution in [1.82, 2.24) is 4.90 Å². The van der Waals surface area contributed by atoms with E-state index in [-0.39, 0.29) is 36.9 Å². The van der Waals surface area contributed by atoms with Crippen molar-refractivity contribution in [2.75, 3.05) is 25.1 Å². The summed E-state index contributed by atoms with van der Waals surface area (Å²) >= 11 is 6.26. The minimum Gasteiger partial charge on any atom is -0.466 e. The first-order valence-electron chi connectivity index (χ1n) is 12.3. The molecule has 2 aliphatic rings. The number of para-hydroxylation sites is 1. The maximum Gasteiger partial charge on any atom is 0.310 e. The maximum atomic E-state index is 13.7. The number of hydrogen-bond acceptors (Lipinski definition) is 5. The molecule has 2 N–H and O–H groups in total. The van der Waals surface area contributed by atoms with E-state index >= 15 is 0 Å². The van der Waals surface area contributed by atoms with Crippen molar-refractivity contribution >= 4 is 35.1 Å². The molecule has 1 fully saturated rings. The zero-order valence-electron chi connectivity index (χ0n) is 19.9. The third-order valence-electron chi connectivity index (χ3n) is 6.85. The first-order valence-corrected chi connectivity index (χ1v) is 12.6. The van der Waals surface area contributed by atoms with Crippen LogP contribution in [0, 0.1) is 23.7 Å². The summed E-state index contributed by atoms with van der Waals surface area (Å²) in [5.74, 6) is -2.64. The number of unbranched alkanes of at least 4 members (excludes halogenated alkanes) is 3. The number of aliphatic hydroxyl groups excluding tert-OH is 1. The predicted molar refractivity (Wildman–Crippen MR) is 131 cm³/mol. The van der Waals surface area contributed by atoms with E-state index in [1.807, 2.05) is 19.1 Å². The van der Waals surface area contributed by atoms with Gasteiger partial charge in [0.05, 0.1) is 29.2 Å². The Morgan fingerprint density at radius 3 is 2.53 bits per heavy atom. The first kappa shape index (κ1) is 26.2. The Bertz CT molecular complexity index is 905. The molecule has 0 saturated carbocycles. The predicted octanol–water partition coefficient (Wildman–Crippen LogP) is 4.05. The van der Waals surface area contributed by atoms with Gasteiger partial charge in [-0.15, -0.1) is 0 Å². The molecule has 1 saturated heterocycles. The zero-order valence-corrected chi connectivity index (χ0v) is 20.7. The lowest BCUT2D eigenvalue weighted by Gasteiger charge is -2.33. The number of anilines is 1.